The van der Waals surface area contributed by atoms with Crippen LogP contribution < -0.4 is 10.1 Å². The molecule has 0 fully saturated rings. The van der Waals surface area contributed by atoms with Crippen LogP contribution in [0.3, 0.4) is 0 Å². The largest absolute Gasteiger partial charge is 0.489 e. The molecule has 0 saturated heterocycles. The summed E-state index contributed by atoms with van der Waals surface area (Å²) in [6.45, 7) is 0.603. The van der Waals surface area contributed by atoms with E-state index in [1.165, 1.54) is 16.7 Å². The van der Waals surface area contributed by atoms with Crippen molar-refractivity contribution in [3.05, 3.63) is 95.6 Å². The molecule has 0 heterocycles. The number of ether oxygens (including phenoxy) is 1. The Bertz CT molecular complexity index is 771. The highest BCUT2D eigenvalue weighted by atomic mass is 16.5. The van der Waals surface area contributed by atoms with Gasteiger partial charge in [-0.15, -0.1) is 0 Å². The van der Waals surface area contributed by atoms with Crippen LogP contribution in [-0.2, 0) is 19.4 Å². The SMILES string of the molecule is c1ccc(COc2ccc(NC3Cc4ccccc4C3)cc2)cc1. The standard InChI is InChI=1S/C22H21NO/c1-2-6-17(7-3-1)16-24-22-12-10-20(11-13-22)23-21-14-18-8-4-5-9-19(18)15-21/h1-13,21,23H,14-16H2. The molecule has 0 spiro atoms. The van der Waals surface area contributed by atoms with Gasteiger partial charge in [0.15, 0.2) is 0 Å². The first-order chi connectivity index (χ1) is 11.9. The minimum Gasteiger partial charge on any atom is -0.489 e. The number of benzene rings is 3. The van der Waals surface area contributed by atoms with Crippen LogP contribution in [0.1, 0.15) is 16.7 Å². The third kappa shape index (κ3) is 3.43. The molecule has 2 nitrogen and oxygen atoms in total. The van der Waals surface area contributed by atoms with Crippen molar-refractivity contribution in [2.24, 2.45) is 0 Å². The molecule has 0 amide bonds. The molecule has 0 bridgehead atoms. The normalized spacial score (nSPS) is 13.5. The number of rotatable bonds is 5. The van der Waals surface area contributed by atoms with Gasteiger partial charge in [0.1, 0.15) is 12.4 Å². The molecule has 1 aliphatic rings. The molecule has 1 N–H and O–H groups in total. The molecule has 0 atom stereocenters. The van der Waals surface area contributed by atoms with Crippen molar-refractivity contribution in [1.82, 2.24) is 0 Å². The highest BCUT2D eigenvalue weighted by molar-refractivity contribution is 5.49. The molecule has 1 aliphatic carbocycles. The van der Waals surface area contributed by atoms with Crippen LogP contribution in [-0.4, -0.2) is 6.04 Å². The van der Waals surface area contributed by atoms with Crippen LogP contribution >= 0.6 is 0 Å². The van der Waals surface area contributed by atoms with Gasteiger partial charge in [0.25, 0.3) is 0 Å². The minimum atomic E-state index is 0.485. The highest BCUT2D eigenvalue weighted by Crippen LogP contribution is 2.25. The fraction of sp³-hybridized carbons (Fsp3) is 0.182. The molecule has 3 aromatic rings. The van der Waals surface area contributed by atoms with E-state index in [9.17, 15) is 0 Å². The monoisotopic (exact) mass is 315 g/mol. The minimum absolute atomic E-state index is 0.485. The molecule has 0 aliphatic heterocycles. The Morgan fingerprint density at radius 1 is 0.750 bits per heavy atom. The van der Waals surface area contributed by atoms with Gasteiger partial charge in [0, 0.05) is 11.7 Å². The average molecular weight is 315 g/mol. The van der Waals surface area contributed by atoms with E-state index < -0.39 is 0 Å². The van der Waals surface area contributed by atoms with E-state index in [1.54, 1.807) is 0 Å². The molecule has 4 rings (SSSR count). The molecular weight excluding hydrogens is 294 g/mol. The lowest BCUT2D eigenvalue weighted by atomic mass is 10.1. The quantitative estimate of drug-likeness (QED) is 0.727. The lowest BCUT2D eigenvalue weighted by Crippen LogP contribution is -2.19. The summed E-state index contributed by atoms with van der Waals surface area (Å²) in [5.41, 5.74) is 5.28. The predicted molar refractivity (Wildman–Crippen MR) is 98.5 cm³/mol. The van der Waals surface area contributed by atoms with Gasteiger partial charge in [-0.2, -0.15) is 0 Å². The second kappa shape index (κ2) is 6.79. The Balaban J connectivity index is 1.33. The van der Waals surface area contributed by atoms with Crippen LogP contribution in [0.25, 0.3) is 0 Å². The molecule has 3 aromatic carbocycles. The first-order valence-corrected chi connectivity index (χ1v) is 8.47. The Morgan fingerprint density at radius 2 is 1.38 bits per heavy atom. The second-order valence-electron chi connectivity index (χ2n) is 6.32. The van der Waals surface area contributed by atoms with Gasteiger partial charge in [-0.3, -0.25) is 0 Å². The summed E-state index contributed by atoms with van der Waals surface area (Å²) in [6.07, 6.45) is 2.20. The summed E-state index contributed by atoms with van der Waals surface area (Å²) in [4.78, 5) is 0. The van der Waals surface area contributed by atoms with Crippen molar-refractivity contribution < 1.29 is 4.74 Å². The van der Waals surface area contributed by atoms with E-state index in [2.05, 4.69) is 53.8 Å². The number of fused-ring (bicyclic) bond motifs is 1. The van der Waals surface area contributed by atoms with Gasteiger partial charge < -0.3 is 10.1 Å². The van der Waals surface area contributed by atoms with Gasteiger partial charge in [0.05, 0.1) is 0 Å². The number of hydrogen-bond donors (Lipinski definition) is 1. The maximum absolute atomic E-state index is 5.84. The third-order valence-electron chi connectivity index (χ3n) is 4.52. The van der Waals surface area contributed by atoms with Gasteiger partial charge in [-0.25, -0.2) is 0 Å². The molecular formula is C22H21NO. The molecule has 0 unspecified atom stereocenters. The van der Waals surface area contributed by atoms with Crippen molar-refractivity contribution in [3.63, 3.8) is 0 Å². The molecule has 0 saturated carbocycles. The highest BCUT2D eigenvalue weighted by Gasteiger charge is 2.20. The summed E-state index contributed by atoms with van der Waals surface area (Å²) >= 11 is 0. The van der Waals surface area contributed by atoms with Crippen LogP contribution in [0.5, 0.6) is 5.75 Å². The van der Waals surface area contributed by atoms with E-state index in [0.717, 1.165) is 24.3 Å². The van der Waals surface area contributed by atoms with Gasteiger partial charge in [-0.05, 0) is 53.8 Å². The Morgan fingerprint density at radius 3 is 2.04 bits per heavy atom. The lowest BCUT2D eigenvalue weighted by molar-refractivity contribution is 0.306. The lowest BCUT2D eigenvalue weighted by Gasteiger charge is -2.14. The van der Waals surface area contributed by atoms with Gasteiger partial charge in [-0.1, -0.05) is 54.6 Å². The van der Waals surface area contributed by atoms with E-state index in [1.807, 2.05) is 30.3 Å². The Kier molecular flexibility index (Phi) is 4.20. The van der Waals surface area contributed by atoms with E-state index >= 15 is 0 Å². The average Bonchev–Trinajstić information content (AvgIpc) is 3.04. The summed E-state index contributed by atoms with van der Waals surface area (Å²) in [5.74, 6) is 0.902. The van der Waals surface area contributed by atoms with E-state index in [0.29, 0.717) is 12.6 Å². The zero-order valence-electron chi connectivity index (χ0n) is 13.6. The van der Waals surface area contributed by atoms with Crippen molar-refractivity contribution in [2.45, 2.75) is 25.5 Å². The van der Waals surface area contributed by atoms with Crippen molar-refractivity contribution in [1.29, 1.82) is 0 Å². The number of hydrogen-bond acceptors (Lipinski definition) is 2. The van der Waals surface area contributed by atoms with Crippen LogP contribution in [0.2, 0.25) is 0 Å². The van der Waals surface area contributed by atoms with Crippen molar-refractivity contribution >= 4 is 5.69 Å². The second-order valence-corrected chi connectivity index (χ2v) is 6.32. The molecule has 0 radical (unpaired) electrons. The number of anilines is 1. The topological polar surface area (TPSA) is 21.3 Å². The fourth-order valence-corrected chi connectivity index (χ4v) is 3.28. The van der Waals surface area contributed by atoms with Gasteiger partial charge in [0.2, 0.25) is 0 Å². The zero-order valence-corrected chi connectivity index (χ0v) is 13.6. The zero-order chi connectivity index (χ0) is 16.2. The van der Waals surface area contributed by atoms with Crippen molar-refractivity contribution in [2.75, 3.05) is 5.32 Å². The molecule has 0 aromatic heterocycles. The first kappa shape index (κ1) is 14.8. The van der Waals surface area contributed by atoms with Gasteiger partial charge >= 0.3 is 0 Å². The van der Waals surface area contributed by atoms with Crippen molar-refractivity contribution in [3.8, 4) is 5.75 Å². The third-order valence-corrected chi connectivity index (χ3v) is 4.52. The van der Waals surface area contributed by atoms with Crippen LogP contribution in [0.4, 0.5) is 5.69 Å². The Hall–Kier alpha value is -2.74. The summed E-state index contributed by atoms with van der Waals surface area (Å²) in [6, 6.07) is 27.7. The predicted octanol–water partition coefficient (Wildman–Crippen LogP) is 4.84. The maximum Gasteiger partial charge on any atom is 0.119 e. The molecule has 120 valence electrons. The van der Waals surface area contributed by atoms with Crippen LogP contribution in [0, 0.1) is 0 Å². The summed E-state index contributed by atoms with van der Waals surface area (Å²) in [7, 11) is 0. The van der Waals surface area contributed by atoms with E-state index in [4.69, 9.17) is 4.74 Å². The maximum atomic E-state index is 5.84. The van der Waals surface area contributed by atoms with E-state index in [-0.39, 0.29) is 0 Å². The molecule has 2 heteroatoms. The summed E-state index contributed by atoms with van der Waals surface area (Å²) < 4.78 is 5.84. The fourth-order valence-electron chi connectivity index (χ4n) is 3.28. The van der Waals surface area contributed by atoms with Crippen LogP contribution in [0.15, 0.2) is 78.9 Å². The first-order valence-electron chi connectivity index (χ1n) is 8.47. The smallest absolute Gasteiger partial charge is 0.119 e. The molecule has 24 heavy (non-hydrogen) atoms. The Labute approximate surface area is 143 Å². The number of nitrogens with one attached hydrogen (secondary N) is 1. The summed E-state index contributed by atoms with van der Waals surface area (Å²) in [5, 5.41) is 3.63.